The van der Waals surface area contributed by atoms with Gasteiger partial charge in [-0.15, -0.1) is 0 Å². The molecule has 1 saturated carbocycles. The second kappa shape index (κ2) is 9.38. The van der Waals surface area contributed by atoms with Crippen molar-refractivity contribution in [2.45, 2.75) is 57.1 Å². The molecule has 2 aromatic rings. The van der Waals surface area contributed by atoms with Crippen LogP contribution in [0.5, 0.6) is 5.75 Å². The van der Waals surface area contributed by atoms with E-state index >= 15 is 0 Å². The van der Waals surface area contributed by atoms with E-state index in [0.717, 1.165) is 32.5 Å². The Bertz CT molecular complexity index is 1200. The molecular formula is C29H33ClN2O5. The fraction of sp³-hybridized carbons (Fsp3) is 0.517. The number of rotatable bonds is 4. The normalized spacial score (nSPS) is 34.6. The number of imide groups is 1. The Balaban J connectivity index is 1.19. The minimum absolute atomic E-state index is 0.0540. The molecule has 0 unspecified atom stereocenters. The molecule has 3 saturated heterocycles. The molecule has 2 N–H and O–H groups in total. The van der Waals surface area contributed by atoms with Crippen molar-refractivity contribution in [2.75, 3.05) is 13.1 Å². The first-order chi connectivity index (χ1) is 17.8. The summed E-state index contributed by atoms with van der Waals surface area (Å²) in [6.07, 6.45) is 1.83. The molecule has 196 valence electrons. The summed E-state index contributed by atoms with van der Waals surface area (Å²) in [5.41, 5.74) is 1.93. The van der Waals surface area contributed by atoms with Crippen molar-refractivity contribution in [1.29, 1.82) is 0 Å². The zero-order valence-electron chi connectivity index (χ0n) is 20.9. The maximum absolute atomic E-state index is 13.8. The number of phenols is 1. The lowest BCUT2D eigenvalue weighted by atomic mass is 9.65. The number of nitrogens with zero attached hydrogens (tertiary/aromatic N) is 2. The molecule has 2 aromatic carbocycles. The summed E-state index contributed by atoms with van der Waals surface area (Å²) in [7, 11) is 0. The smallest absolute Gasteiger partial charge is 0.233 e. The number of fused-ring (bicyclic) bond motifs is 3. The summed E-state index contributed by atoms with van der Waals surface area (Å²) in [4.78, 5) is 31.4. The second-order valence-electron chi connectivity index (χ2n) is 11.2. The molecule has 0 aromatic heterocycles. The summed E-state index contributed by atoms with van der Waals surface area (Å²) in [6.45, 7) is 4.43. The summed E-state index contributed by atoms with van der Waals surface area (Å²) in [5, 5.41) is 21.8. The summed E-state index contributed by atoms with van der Waals surface area (Å²) >= 11 is 6.38. The van der Waals surface area contributed by atoms with Gasteiger partial charge in [-0.05, 0) is 48.9 Å². The minimum Gasteiger partial charge on any atom is -0.508 e. The van der Waals surface area contributed by atoms with Crippen molar-refractivity contribution in [3.63, 3.8) is 0 Å². The van der Waals surface area contributed by atoms with Gasteiger partial charge in [-0.25, -0.2) is 0 Å². The topological polar surface area (TPSA) is 90.3 Å². The predicted octanol–water partition coefficient (Wildman–Crippen LogP) is 4.12. The van der Waals surface area contributed by atoms with Gasteiger partial charge in [0.2, 0.25) is 11.8 Å². The number of halogens is 1. The molecule has 0 bridgehead atoms. The Kier molecular flexibility index (Phi) is 6.30. The fourth-order valence-corrected chi connectivity index (χ4v) is 7.47. The van der Waals surface area contributed by atoms with Crippen LogP contribution >= 0.6 is 11.6 Å². The largest absolute Gasteiger partial charge is 0.508 e. The van der Waals surface area contributed by atoms with E-state index in [9.17, 15) is 19.8 Å². The first-order valence-corrected chi connectivity index (χ1v) is 13.7. The molecule has 4 fully saturated rings. The standard InChI is InChI=1S/C29H33ClN2O5/c1-17-13-22-26(23-15-25(37-29(17,23)36)21-8-7-20(33)14-24(21)30)28(35)32(27(22)34)19-9-11-31(12-10-19)16-18-5-3-2-4-6-18/h2-8,14,17,19,22-23,25-26,33,36H,9-13,15-16H2,1H3/t17-,22-,23-,25-,26-,29+/m0/s1. The molecule has 0 radical (unpaired) electrons. The number of aromatic hydroxyl groups is 1. The van der Waals surface area contributed by atoms with Crippen LogP contribution < -0.4 is 0 Å². The van der Waals surface area contributed by atoms with Gasteiger partial charge in [0.1, 0.15) is 5.75 Å². The molecule has 6 rings (SSSR count). The van der Waals surface area contributed by atoms with Crippen LogP contribution in [0.1, 0.15) is 49.8 Å². The first-order valence-electron chi connectivity index (χ1n) is 13.3. The monoisotopic (exact) mass is 524 g/mol. The van der Waals surface area contributed by atoms with E-state index in [1.807, 2.05) is 25.1 Å². The second-order valence-corrected chi connectivity index (χ2v) is 11.6. The van der Waals surface area contributed by atoms with E-state index < -0.39 is 29.6 Å². The number of likely N-dealkylation sites (tertiary alicyclic amines) is 2. The highest BCUT2D eigenvalue weighted by molar-refractivity contribution is 6.31. The summed E-state index contributed by atoms with van der Waals surface area (Å²) < 4.78 is 6.22. The first kappa shape index (κ1) is 24.9. The molecule has 6 atom stereocenters. The van der Waals surface area contributed by atoms with Gasteiger partial charge in [0.15, 0.2) is 5.79 Å². The molecular weight excluding hydrogens is 492 g/mol. The van der Waals surface area contributed by atoms with Crippen LogP contribution in [0.25, 0.3) is 0 Å². The van der Waals surface area contributed by atoms with Crippen LogP contribution in [0.4, 0.5) is 0 Å². The van der Waals surface area contributed by atoms with Crippen molar-refractivity contribution >= 4 is 23.4 Å². The highest BCUT2D eigenvalue weighted by atomic mass is 35.5. The van der Waals surface area contributed by atoms with Crippen molar-refractivity contribution < 1.29 is 24.5 Å². The van der Waals surface area contributed by atoms with Gasteiger partial charge >= 0.3 is 0 Å². The Hall–Kier alpha value is -2.45. The van der Waals surface area contributed by atoms with Crippen molar-refractivity contribution in [3.8, 4) is 5.75 Å². The molecule has 0 spiro atoms. The van der Waals surface area contributed by atoms with E-state index in [1.54, 1.807) is 12.1 Å². The summed E-state index contributed by atoms with van der Waals surface area (Å²) in [5.74, 6) is -3.50. The van der Waals surface area contributed by atoms with Crippen molar-refractivity contribution in [2.24, 2.45) is 23.7 Å². The van der Waals surface area contributed by atoms with Crippen LogP contribution in [0.2, 0.25) is 5.02 Å². The highest BCUT2D eigenvalue weighted by Gasteiger charge is 2.66. The number of phenolic OH excluding ortho intramolecular Hbond substituents is 1. The number of carbonyl (C=O) groups is 2. The maximum atomic E-state index is 13.8. The molecule has 1 aliphatic carbocycles. The van der Waals surface area contributed by atoms with E-state index in [1.165, 1.54) is 16.5 Å². The number of benzene rings is 2. The van der Waals surface area contributed by atoms with Crippen LogP contribution in [-0.4, -0.2) is 56.7 Å². The quantitative estimate of drug-likeness (QED) is 0.585. The average molecular weight is 525 g/mol. The van der Waals surface area contributed by atoms with Gasteiger partial charge in [-0.3, -0.25) is 19.4 Å². The Morgan fingerprint density at radius 3 is 2.49 bits per heavy atom. The number of amides is 2. The molecule has 37 heavy (non-hydrogen) atoms. The third-order valence-electron chi connectivity index (χ3n) is 9.09. The van der Waals surface area contributed by atoms with E-state index in [0.29, 0.717) is 23.4 Å². The van der Waals surface area contributed by atoms with Gasteiger partial charge in [-0.1, -0.05) is 54.9 Å². The zero-order chi connectivity index (χ0) is 25.9. The van der Waals surface area contributed by atoms with Crippen molar-refractivity contribution in [3.05, 3.63) is 64.7 Å². The third kappa shape index (κ3) is 4.16. The van der Waals surface area contributed by atoms with E-state index in [4.69, 9.17) is 16.3 Å². The zero-order valence-corrected chi connectivity index (χ0v) is 21.7. The van der Waals surface area contributed by atoms with Gasteiger partial charge in [-0.2, -0.15) is 0 Å². The van der Waals surface area contributed by atoms with Gasteiger partial charge in [0.25, 0.3) is 0 Å². The fourth-order valence-electron chi connectivity index (χ4n) is 7.18. The van der Waals surface area contributed by atoms with Crippen molar-refractivity contribution in [1.82, 2.24) is 9.80 Å². The number of aliphatic hydroxyl groups is 1. The van der Waals surface area contributed by atoms with Gasteiger partial charge < -0.3 is 14.9 Å². The van der Waals surface area contributed by atoms with Crippen LogP contribution in [0.15, 0.2) is 48.5 Å². The van der Waals surface area contributed by atoms with Crippen LogP contribution in [0, 0.1) is 23.7 Å². The number of ether oxygens (including phenoxy) is 1. The lowest BCUT2D eigenvalue weighted by Crippen LogP contribution is -2.52. The van der Waals surface area contributed by atoms with Crippen LogP contribution in [0.3, 0.4) is 0 Å². The third-order valence-corrected chi connectivity index (χ3v) is 9.42. The predicted molar refractivity (Wildman–Crippen MR) is 137 cm³/mol. The molecule has 7 nitrogen and oxygen atoms in total. The van der Waals surface area contributed by atoms with E-state index in [-0.39, 0.29) is 29.5 Å². The van der Waals surface area contributed by atoms with E-state index in [2.05, 4.69) is 17.0 Å². The Morgan fingerprint density at radius 1 is 1.05 bits per heavy atom. The maximum Gasteiger partial charge on any atom is 0.233 e. The molecule has 4 aliphatic rings. The summed E-state index contributed by atoms with van der Waals surface area (Å²) in [6, 6.07) is 14.9. The number of carbonyl (C=O) groups excluding carboxylic acids is 2. The number of hydrogen-bond donors (Lipinski definition) is 2. The molecule has 3 aliphatic heterocycles. The SMILES string of the molecule is C[C@H]1C[C@@H]2C(=O)N(C3CCN(Cc4ccccc4)CC3)C(=O)[C@@H]2[C@@H]2C[C@@H](c3ccc(O)cc3Cl)O[C@]12O. The Morgan fingerprint density at radius 2 is 1.78 bits per heavy atom. The van der Waals surface area contributed by atoms with Gasteiger partial charge in [0.05, 0.1) is 23.0 Å². The number of piperidine rings is 1. The number of hydrogen-bond acceptors (Lipinski definition) is 6. The average Bonchev–Trinajstić information content (AvgIpc) is 3.35. The molecule has 2 amide bonds. The molecule has 8 heteroatoms. The minimum atomic E-state index is -1.50. The highest BCUT2D eigenvalue weighted by Crippen LogP contribution is 2.59. The lowest BCUT2D eigenvalue weighted by Gasteiger charge is -2.43. The van der Waals surface area contributed by atoms with Gasteiger partial charge in [0, 0.05) is 37.5 Å². The lowest BCUT2D eigenvalue weighted by molar-refractivity contribution is -0.265. The van der Waals surface area contributed by atoms with Crippen LogP contribution in [-0.2, 0) is 20.9 Å². The Labute approximate surface area is 222 Å². The molecule has 3 heterocycles.